The van der Waals surface area contributed by atoms with Crippen molar-refractivity contribution in [2.24, 2.45) is 0 Å². The van der Waals surface area contributed by atoms with E-state index in [0.717, 1.165) is 5.69 Å². The van der Waals surface area contributed by atoms with Crippen LogP contribution >= 0.6 is 11.6 Å². The zero-order valence-electron chi connectivity index (χ0n) is 7.45. The van der Waals surface area contributed by atoms with E-state index in [1.54, 1.807) is 6.20 Å². The third kappa shape index (κ3) is 1.67. The molecule has 2 heterocycles. The van der Waals surface area contributed by atoms with Crippen LogP contribution < -0.4 is 5.73 Å². The number of hydrogen-bond donors (Lipinski definition) is 2. The summed E-state index contributed by atoms with van der Waals surface area (Å²) in [5.41, 5.74) is 6.46. The molecule has 0 aliphatic carbocycles. The average molecular weight is 210 g/mol. The number of nitrogen functional groups attached to an aromatic ring is 1. The van der Waals surface area contributed by atoms with E-state index in [0.29, 0.717) is 22.6 Å². The predicted octanol–water partition coefficient (Wildman–Crippen LogP) is 1.41. The van der Waals surface area contributed by atoms with Crippen LogP contribution in [0.1, 0.15) is 5.69 Å². The Labute approximate surface area is 85.4 Å². The Hall–Kier alpha value is -1.62. The second-order valence-electron chi connectivity index (χ2n) is 2.85. The molecule has 2 aromatic rings. The Balaban J connectivity index is 2.51. The first kappa shape index (κ1) is 8.96. The fourth-order valence-corrected chi connectivity index (χ4v) is 1.26. The first-order chi connectivity index (χ1) is 6.65. The maximum absolute atomic E-state index is 5.73. The molecule has 0 spiro atoms. The third-order valence-electron chi connectivity index (χ3n) is 1.63. The molecule has 0 radical (unpaired) electrons. The number of anilines is 1. The van der Waals surface area contributed by atoms with Crippen LogP contribution in [0.4, 0.5) is 5.82 Å². The van der Waals surface area contributed by atoms with Gasteiger partial charge in [0.05, 0.1) is 0 Å². The van der Waals surface area contributed by atoms with Gasteiger partial charge in [0.2, 0.25) is 0 Å². The third-order valence-corrected chi connectivity index (χ3v) is 1.82. The summed E-state index contributed by atoms with van der Waals surface area (Å²) in [5.74, 6) is 1.30. The van der Waals surface area contributed by atoms with E-state index in [4.69, 9.17) is 17.3 Å². The van der Waals surface area contributed by atoms with E-state index in [9.17, 15) is 0 Å². The number of nitrogens with zero attached hydrogens (tertiary/aromatic N) is 3. The van der Waals surface area contributed by atoms with Crippen LogP contribution in [0.5, 0.6) is 0 Å². The van der Waals surface area contributed by atoms with Crippen LogP contribution in [0.25, 0.3) is 11.6 Å². The smallest absolute Gasteiger partial charge is 0.199 e. The molecule has 0 saturated carbocycles. The summed E-state index contributed by atoms with van der Waals surface area (Å²) in [6.07, 6.45) is 1.69. The summed E-state index contributed by atoms with van der Waals surface area (Å²) in [6.45, 7) is 1.89. The number of hydrogen-bond acceptors (Lipinski definition) is 4. The molecular weight excluding hydrogens is 202 g/mol. The van der Waals surface area contributed by atoms with Gasteiger partial charge >= 0.3 is 0 Å². The van der Waals surface area contributed by atoms with Gasteiger partial charge in [-0.2, -0.15) is 0 Å². The van der Waals surface area contributed by atoms with Gasteiger partial charge in [-0.05, 0) is 6.92 Å². The lowest BCUT2D eigenvalue weighted by molar-refractivity contribution is 1.12. The molecule has 0 unspecified atom stereocenters. The number of halogens is 1. The normalized spacial score (nSPS) is 10.4. The van der Waals surface area contributed by atoms with Crippen molar-refractivity contribution in [1.29, 1.82) is 0 Å². The summed E-state index contributed by atoms with van der Waals surface area (Å²) >= 11 is 5.73. The maximum atomic E-state index is 5.73. The monoisotopic (exact) mass is 209 g/mol. The molecule has 6 heteroatoms. The highest BCUT2D eigenvalue weighted by Gasteiger charge is 2.06. The molecule has 0 saturated heterocycles. The Morgan fingerprint density at radius 3 is 2.79 bits per heavy atom. The van der Waals surface area contributed by atoms with Crippen LogP contribution in [0, 0.1) is 6.92 Å². The molecule has 0 aliphatic heterocycles. The zero-order valence-corrected chi connectivity index (χ0v) is 8.21. The van der Waals surface area contributed by atoms with Crippen molar-refractivity contribution in [3.63, 3.8) is 0 Å². The maximum Gasteiger partial charge on any atom is 0.199 e. The van der Waals surface area contributed by atoms with E-state index >= 15 is 0 Å². The van der Waals surface area contributed by atoms with Gasteiger partial charge < -0.3 is 10.7 Å². The molecule has 5 nitrogen and oxygen atoms in total. The lowest BCUT2D eigenvalue weighted by Gasteiger charge is -1.97. The van der Waals surface area contributed by atoms with Crippen LogP contribution in [-0.2, 0) is 0 Å². The highest BCUT2D eigenvalue weighted by Crippen LogP contribution is 2.15. The number of imidazole rings is 1. The second kappa shape index (κ2) is 3.26. The highest BCUT2D eigenvalue weighted by molar-refractivity contribution is 6.29. The van der Waals surface area contributed by atoms with Gasteiger partial charge in [-0.3, -0.25) is 0 Å². The fourth-order valence-electron chi connectivity index (χ4n) is 1.07. The quantitative estimate of drug-likeness (QED) is 0.696. The van der Waals surface area contributed by atoms with Gasteiger partial charge in [0.1, 0.15) is 11.0 Å². The Kier molecular flexibility index (Phi) is 2.09. The first-order valence-electron chi connectivity index (χ1n) is 3.97. The molecule has 0 aliphatic rings. The average Bonchev–Trinajstić information content (AvgIpc) is 2.50. The number of aromatic amines is 1. The fraction of sp³-hybridized carbons (Fsp3) is 0.125. The van der Waals surface area contributed by atoms with E-state index in [1.165, 1.54) is 6.07 Å². The Bertz CT molecular complexity index is 444. The summed E-state index contributed by atoms with van der Waals surface area (Å²) in [5, 5.41) is 0.307. The van der Waals surface area contributed by atoms with E-state index in [2.05, 4.69) is 19.9 Å². The van der Waals surface area contributed by atoms with E-state index < -0.39 is 0 Å². The van der Waals surface area contributed by atoms with Crippen molar-refractivity contribution in [1.82, 2.24) is 19.9 Å². The number of nitrogens with two attached hydrogens (primary N) is 1. The number of aromatic nitrogens is 4. The molecule has 0 atom stereocenters. The van der Waals surface area contributed by atoms with Crippen molar-refractivity contribution >= 4 is 17.4 Å². The lowest BCUT2D eigenvalue weighted by Crippen LogP contribution is -1.96. The second-order valence-corrected chi connectivity index (χ2v) is 3.24. The van der Waals surface area contributed by atoms with Crippen LogP contribution in [0.3, 0.4) is 0 Å². The van der Waals surface area contributed by atoms with Gasteiger partial charge in [-0.1, -0.05) is 11.6 Å². The SMILES string of the molecule is Cc1cnc(-c2nc(N)cc(Cl)n2)[nH]1. The van der Waals surface area contributed by atoms with Gasteiger partial charge in [0.25, 0.3) is 0 Å². The summed E-state index contributed by atoms with van der Waals surface area (Å²) in [4.78, 5) is 15.1. The van der Waals surface area contributed by atoms with Crippen LogP contribution in [0.2, 0.25) is 5.15 Å². The van der Waals surface area contributed by atoms with Gasteiger partial charge in [-0.25, -0.2) is 15.0 Å². The minimum absolute atomic E-state index is 0.307. The topological polar surface area (TPSA) is 80.5 Å². The van der Waals surface area contributed by atoms with Gasteiger partial charge in [0, 0.05) is 18.0 Å². The molecule has 3 N–H and O–H groups in total. The van der Waals surface area contributed by atoms with Gasteiger partial charge in [-0.15, -0.1) is 0 Å². The largest absolute Gasteiger partial charge is 0.384 e. The molecule has 0 amide bonds. The molecule has 2 rings (SSSR count). The van der Waals surface area contributed by atoms with Gasteiger partial charge in [0.15, 0.2) is 11.6 Å². The van der Waals surface area contributed by atoms with E-state index in [-0.39, 0.29) is 0 Å². The number of aryl methyl sites for hydroxylation is 1. The van der Waals surface area contributed by atoms with Crippen molar-refractivity contribution in [2.75, 3.05) is 5.73 Å². The minimum Gasteiger partial charge on any atom is -0.384 e. The molecular formula is C8H8ClN5. The van der Waals surface area contributed by atoms with Crippen molar-refractivity contribution < 1.29 is 0 Å². The molecule has 2 aromatic heterocycles. The lowest BCUT2D eigenvalue weighted by atomic mass is 10.5. The predicted molar refractivity (Wildman–Crippen MR) is 53.8 cm³/mol. The van der Waals surface area contributed by atoms with Crippen molar-refractivity contribution in [3.05, 3.63) is 23.1 Å². The molecule has 0 fully saturated rings. The Morgan fingerprint density at radius 2 is 2.21 bits per heavy atom. The van der Waals surface area contributed by atoms with Crippen LogP contribution in [-0.4, -0.2) is 19.9 Å². The Morgan fingerprint density at radius 1 is 1.43 bits per heavy atom. The summed E-state index contributed by atoms with van der Waals surface area (Å²) < 4.78 is 0. The number of rotatable bonds is 1. The number of H-pyrrole nitrogens is 1. The molecule has 0 bridgehead atoms. The standard InChI is InChI=1S/C8H8ClN5/c1-4-3-11-7(12-4)8-13-5(9)2-6(10)14-8/h2-3H,1H3,(H,11,12)(H2,10,13,14). The molecule has 0 aromatic carbocycles. The molecule has 14 heavy (non-hydrogen) atoms. The minimum atomic E-state index is 0.307. The van der Waals surface area contributed by atoms with E-state index in [1.807, 2.05) is 6.92 Å². The van der Waals surface area contributed by atoms with Crippen molar-refractivity contribution in [3.8, 4) is 11.6 Å². The molecule has 72 valence electrons. The summed E-state index contributed by atoms with van der Waals surface area (Å²) in [7, 11) is 0. The first-order valence-corrected chi connectivity index (χ1v) is 4.35. The van der Waals surface area contributed by atoms with Crippen molar-refractivity contribution in [2.45, 2.75) is 6.92 Å². The van der Waals surface area contributed by atoms with Crippen LogP contribution in [0.15, 0.2) is 12.3 Å². The summed E-state index contributed by atoms with van der Waals surface area (Å²) in [6, 6.07) is 1.49. The highest BCUT2D eigenvalue weighted by atomic mass is 35.5. The zero-order chi connectivity index (χ0) is 10.1. The number of nitrogens with one attached hydrogen (secondary N) is 1.